The van der Waals surface area contributed by atoms with Gasteiger partial charge in [-0.05, 0) is 57.3 Å². The molecular formula is C8H7I2N3. The van der Waals surface area contributed by atoms with Gasteiger partial charge in [0.25, 0.3) is 0 Å². The molecular weight excluding hydrogens is 392 g/mol. The summed E-state index contributed by atoms with van der Waals surface area (Å²) in [7, 11) is 0. The summed E-state index contributed by atoms with van der Waals surface area (Å²) in [4.78, 5) is 10.5. The molecule has 0 saturated heterocycles. The van der Waals surface area contributed by atoms with Crippen LogP contribution in [0.4, 0.5) is 0 Å². The Morgan fingerprint density at radius 3 is 2.38 bits per heavy atom. The van der Waals surface area contributed by atoms with E-state index in [1.165, 1.54) is 3.57 Å². The van der Waals surface area contributed by atoms with Gasteiger partial charge in [-0.2, -0.15) is 0 Å². The molecule has 0 aliphatic heterocycles. The van der Waals surface area contributed by atoms with E-state index in [1.807, 2.05) is 12.1 Å². The van der Waals surface area contributed by atoms with Gasteiger partial charge in [0.1, 0.15) is 3.70 Å². The minimum Gasteiger partial charge on any atom is -0.351 e. The normalized spacial score (nSPS) is 8.77. The number of aromatic nitrogens is 3. The molecule has 0 bridgehead atoms. The van der Waals surface area contributed by atoms with Crippen molar-refractivity contribution in [3.05, 3.63) is 44.3 Å². The van der Waals surface area contributed by atoms with Gasteiger partial charge < -0.3 is 4.98 Å². The van der Waals surface area contributed by atoms with E-state index < -0.39 is 0 Å². The highest BCUT2D eigenvalue weighted by Gasteiger charge is 1.89. The first-order valence-electron chi connectivity index (χ1n) is 3.49. The molecule has 0 spiro atoms. The van der Waals surface area contributed by atoms with Crippen molar-refractivity contribution >= 4 is 45.2 Å². The smallest absolute Gasteiger partial charge is 0.114 e. The lowest BCUT2D eigenvalue weighted by Crippen LogP contribution is -1.80. The Hall–Kier alpha value is -0.180. The quantitative estimate of drug-likeness (QED) is 0.547. The second kappa shape index (κ2) is 6.30. The number of hydrogen-bond donors (Lipinski definition) is 1. The molecule has 2 heterocycles. The number of aromatic amines is 1. The van der Waals surface area contributed by atoms with Gasteiger partial charge in [-0.15, -0.1) is 0 Å². The lowest BCUT2D eigenvalue weighted by molar-refractivity contribution is 1.25. The van der Waals surface area contributed by atoms with Crippen molar-refractivity contribution in [2.24, 2.45) is 0 Å². The largest absolute Gasteiger partial charge is 0.351 e. The van der Waals surface area contributed by atoms with Crippen molar-refractivity contribution in [3.63, 3.8) is 0 Å². The van der Waals surface area contributed by atoms with Crippen LogP contribution in [0.15, 0.2) is 37.1 Å². The molecule has 0 saturated carbocycles. The zero-order chi connectivity index (χ0) is 9.52. The lowest BCUT2D eigenvalue weighted by Gasteiger charge is -1.88. The fourth-order valence-corrected chi connectivity index (χ4v) is 1.27. The highest BCUT2D eigenvalue weighted by atomic mass is 127. The highest BCUT2D eigenvalue weighted by Crippen LogP contribution is 2.09. The van der Waals surface area contributed by atoms with Crippen molar-refractivity contribution in [1.29, 1.82) is 0 Å². The second-order valence-electron chi connectivity index (χ2n) is 2.04. The van der Waals surface area contributed by atoms with Gasteiger partial charge in [-0.3, -0.25) is 0 Å². The van der Waals surface area contributed by atoms with Crippen LogP contribution in [0.2, 0.25) is 0 Å². The Balaban J connectivity index is 0.000000145. The van der Waals surface area contributed by atoms with Gasteiger partial charge in [-0.25, -0.2) is 9.97 Å². The number of nitrogens with zero attached hydrogens (tertiary/aromatic N) is 2. The Kier molecular flexibility index (Phi) is 5.28. The first-order chi connectivity index (χ1) is 6.30. The molecule has 1 N–H and O–H groups in total. The van der Waals surface area contributed by atoms with Gasteiger partial charge in [0.15, 0.2) is 0 Å². The van der Waals surface area contributed by atoms with Gasteiger partial charge in [0.05, 0.1) is 6.33 Å². The number of hydrogen-bond acceptors (Lipinski definition) is 2. The second-order valence-corrected chi connectivity index (χ2v) is 4.22. The summed E-state index contributed by atoms with van der Waals surface area (Å²) in [5, 5.41) is 0. The van der Waals surface area contributed by atoms with E-state index in [4.69, 9.17) is 0 Å². The zero-order valence-corrected chi connectivity index (χ0v) is 10.9. The van der Waals surface area contributed by atoms with Crippen molar-refractivity contribution in [3.8, 4) is 0 Å². The first kappa shape index (κ1) is 10.9. The summed E-state index contributed by atoms with van der Waals surface area (Å²) in [6.07, 6.45) is 6.88. The molecule has 2 aromatic rings. The molecule has 0 fully saturated rings. The molecule has 2 rings (SSSR count). The number of rotatable bonds is 0. The topological polar surface area (TPSA) is 41.6 Å². The molecule has 2 aromatic heterocycles. The molecule has 13 heavy (non-hydrogen) atoms. The third-order valence-corrected chi connectivity index (χ3v) is 3.88. The van der Waals surface area contributed by atoms with Crippen LogP contribution in [0.25, 0.3) is 0 Å². The predicted molar refractivity (Wildman–Crippen MR) is 68.3 cm³/mol. The minimum absolute atomic E-state index is 1.07. The maximum atomic E-state index is 4.06. The lowest BCUT2D eigenvalue weighted by atomic mass is 10.5. The third kappa shape index (κ3) is 4.55. The van der Waals surface area contributed by atoms with E-state index in [9.17, 15) is 0 Å². The van der Waals surface area contributed by atoms with Crippen molar-refractivity contribution in [2.75, 3.05) is 0 Å². The van der Waals surface area contributed by atoms with Gasteiger partial charge in [-0.1, -0.05) is 0 Å². The van der Waals surface area contributed by atoms with Gasteiger partial charge >= 0.3 is 0 Å². The predicted octanol–water partition coefficient (Wildman–Crippen LogP) is 2.70. The Morgan fingerprint density at radius 1 is 1.23 bits per heavy atom. The Labute approximate surface area is 104 Å². The molecule has 5 heteroatoms. The molecule has 0 unspecified atom stereocenters. The molecule has 0 aromatic carbocycles. The van der Waals surface area contributed by atoms with Crippen LogP contribution in [0.5, 0.6) is 0 Å². The van der Waals surface area contributed by atoms with E-state index in [0.717, 1.165) is 3.70 Å². The first-order valence-corrected chi connectivity index (χ1v) is 5.65. The summed E-state index contributed by atoms with van der Waals surface area (Å²) in [6, 6.07) is 3.97. The molecule has 0 amide bonds. The molecule has 0 aliphatic rings. The molecule has 0 aliphatic carbocycles. The van der Waals surface area contributed by atoms with Crippen LogP contribution in [0.3, 0.4) is 0 Å². The number of nitrogens with one attached hydrogen (secondary N) is 1. The average Bonchev–Trinajstić information content (AvgIpc) is 2.68. The molecule has 0 radical (unpaired) electrons. The average molecular weight is 399 g/mol. The molecule has 68 valence electrons. The summed E-state index contributed by atoms with van der Waals surface area (Å²) >= 11 is 4.46. The SMILES string of the molecule is Ic1cccnc1I.c1c[nH]cn1. The van der Waals surface area contributed by atoms with E-state index in [1.54, 1.807) is 24.9 Å². The summed E-state index contributed by atoms with van der Waals surface area (Å²) in [6.45, 7) is 0. The van der Waals surface area contributed by atoms with Crippen LogP contribution in [-0.2, 0) is 0 Å². The zero-order valence-electron chi connectivity index (χ0n) is 6.61. The maximum Gasteiger partial charge on any atom is 0.114 e. The fourth-order valence-electron chi connectivity index (χ4n) is 0.582. The van der Waals surface area contributed by atoms with Crippen molar-refractivity contribution in [1.82, 2.24) is 15.0 Å². The minimum atomic E-state index is 1.07. The number of pyridine rings is 1. The maximum absolute atomic E-state index is 4.06. The third-order valence-electron chi connectivity index (χ3n) is 1.12. The number of imidazole rings is 1. The number of halogens is 2. The molecule has 3 nitrogen and oxygen atoms in total. The van der Waals surface area contributed by atoms with Crippen LogP contribution < -0.4 is 0 Å². The van der Waals surface area contributed by atoms with E-state index in [0.29, 0.717) is 0 Å². The summed E-state index contributed by atoms with van der Waals surface area (Å²) in [5.41, 5.74) is 0. The van der Waals surface area contributed by atoms with Gasteiger partial charge in [0.2, 0.25) is 0 Å². The Morgan fingerprint density at radius 2 is 2.08 bits per heavy atom. The van der Waals surface area contributed by atoms with Crippen LogP contribution in [0, 0.1) is 7.27 Å². The van der Waals surface area contributed by atoms with Gasteiger partial charge in [0, 0.05) is 22.2 Å². The summed E-state index contributed by atoms with van der Waals surface area (Å²) in [5.74, 6) is 0. The molecule has 0 atom stereocenters. The van der Waals surface area contributed by atoms with E-state index in [-0.39, 0.29) is 0 Å². The van der Waals surface area contributed by atoms with Crippen LogP contribution in [-0.4, -0.2) is 15.0 Å². The monoisotopic (exact) mass is 399 g/mol. The van der Waals surface area contributed by atoms with Crippen LogP contribution >= 0.6 is 45.2 Å². The standard InChI is InChI=1S/C5H3I2N.C3H4N2/c6-4-2-1-3-8-5(4)7;1-2-5-3-4-1/h1-3H;1-3H,(H,4,5). The van der Waals surface area contributed by atoms with Crippen molar-refractivity contribution in [2.45, 2.75) is 0 Å². The Bertz CT molecular complexity index is 297. The fraction of sp³-hybridized carbons (Fsp3) is 0. The highest BCUT2D eigenvalue weighted by molar-refractivity contribution is 14.1. The van der Waals surface area contributed by atoms with Crippen molar-refractivity contribution < 1.29 is 0 Å². The summed E-state index contributed by atoms with van der Waals surface area (Å²) < 4.78 is 2.29. The van der Waals surface area contributed by atoms with E-state index in [2.05, 4.69) is 60.1 Å². The van der Waals surface area contributed by atoms with E-state index >= 15 is 0 Å². The van der Waals surface area contributed by atoms with Crippen LogP contribution in [0.1, 0.15) is 0 Å². The number of H-pyrrole nitrogens is 1.